The molecule has 0 aliphatic heterocycles. The molecule has 12 heteroatoms. The number of fused-ring (bicyclic) bond motifs is 1. The summed E-state index contributed by atoms with van der Waals surface area (Å²) in [6.45, 7) is 4.17. The van der Waals surface area contributed by atoms with E-state index < -0.39 is 47.3 Å². The molecule has 282 valence electrons. The zero-order chi connectivity index (χ0) is 38.3. The van der Waals surface area contributed by atoms with E-state index in [4.69, 9.17) is 22.1 Å². The Morgan fingerprint density at radius 1 is 0.722 bits per heavy atom. The highest BCUT2D eigenvalue weighted by molar-refractivity contribution is 7.81. The van der Waals surface area contributed by atoms with Crippen molar-refractivity contribution in [1.82, 2.24) is 25.9 Å². The Balaban J connectivity index is 1.32. The van der Waals surface area contributed by atoms with Crippen LogP contribution in [0.1, 0.15) is 49.1 Å². The molecule has 4 atom stereocenters. The third-order valence-electron chi connectivity index (χ3n) is 8.86. The number of amides is 3. The molecule has 11 nitrogen and oxygen atoms in total. The minimum Gasteiger partial charge on any atom is -0.461 e. The summed E-state index contributed by atoms with van der Waals surface area (Å²) in [5.74, 6) is -1.35. The number of carbonyl (C=O) groups excluding carboxylic acids is 4. The number of esters is 1. The van der Waals surface area contributed by atoms with Crippen LogP contribution in [0.25, 0.3) is 10.8 Å². The maximum Gasteiger partial charge on any atom is 0.408 e. The van der Waals surface area contributed by atoms with Gasteiger partial charge in [-0.05, 0) is 39.8 Å². The molecule has 3 amide bonds. The molecule has 2 unspecified atom stereocenters. The molecule has 4 aromatic carbocycles. The lowest BCUT2D eigenvalue weighted by Gasteiger charge is -2.29. The lowest BCUT2D eigenvalue weighted by Crippen LogP contribution is -2.57. The van der Waals surface area contributed by atoms with Crippen LogP contribution < -0.4 is 16.0 Å². The highest BCUT2D eigenvalue weighted by Crippen LogP contribution is 2.21. The highest BCUT2D eigenvalue weighted by atomic mass is 32.1. The van der Waals surface area contributed by atoms with Crippen LogP contribution in [0, 0.1) is 5.92 Å². The Kier molecular flexibility index (Phi) is 14.7. The van der Waals surface area contributed by atoms with Gasteiger partial charge in [0, 0.05) is 30.3 Å². The number of thiol groups is 1. The number of aromatic nitrogens is 2. The van der Waals surface area contributed by atoms with E-state index in [1.54, 1.807) is 6.20 Å². The SMILES string of the molecule is CC(C)CC(NC(=O)[C@H](Cc1c[nH]cn1)NC(=O)[C@H](Cc1cccc2ccccc12)NC(=O)OCc1ccccc1)C(S)CC(=O)OCc1ccccc1. The average Bonchev–Trinajstić information content (AvgIpc) is 3.69. The molecule has 4 N–H and O–H groups in total. The topological polar surface area (TPSA) is 152 Å². The summed E-state index contributed by atoms with van der Waals surface area (Å²) < 4.78 is 11.0. The van der Waals surface area contributed by atoms with Crippen molar-refractivity contribution in [1.29, 1.82) is 0 Å². The largest absolute Gasteiger partial charge is 0.461 e. The average molecular weight is 750 g/mol. The number of ether oxygens (including phenoxy) is 2. The second kappa shape index (κ2) is 20.0. The van der Waals surface area contributed by atoms with Gasteiger partial charge in [0.25, 0.3) is 0 Å². The van der Waals surface area contributed by atoms with Gasteiger partial charge in [0.15, 0.2) is 0 Å². The molecule has 0 saturated carbocycles. The van der Waals surface area contributed by atoms with Gasteiger partial charge in [-0.15, -0.1) is 0 Å². The number of carbonyl (C=O) groups is 4. The summed E-state index contributed by atoms with van der Waals surface area (Å²) in [4.78, 5) is 61.5. The van der Waals surface area contributed by atoms with Gasteiger partial charge in [-0.25, -0.2) is 9.78 Å². The molecule has 0 radical (unpaired) electrons. The summed E-state index contributed by atoms with van der Waals surface area (Å²) in [6.07, 6.45) is 3.04. The number of imidazole rings is 1. The van der Waals surface area contributed by atoms with Gasteiger partial charge in [0.1, 0.15) is 25.3 Å². The molecule has 0 aliphatic rings. The summed E-state index contributed by atoms with van der Waals surface area (Å²) in [5, 5.41) is 10.0. The van der Waals surface area contributed by atoms with Crippen LogP contribution in [0.2, 0.25) is 0 Å². The van der Waals surface area contributed by atoms with Gasteiger partial charge in [-0.1, -0.05) is 117 Å². The van der Waals surface area contributed by atoms with E-state index >= 15 is 0 Å². The van der Waals surface area contributed by atoms with Crippen molar-refractivity contribution in [2.24, 2.45) is 5.92 Å². The van der Waals surface area contributed by atoms with Crippen LogP contribution in [0.15, 0.2) is 116 Å². The van der Waals surface area contributed by atoms with Crippen LogP contribution in [0.5, 0.6) is 0 Å². The second-order valence-electron chi connectivity index (χ2n) is 13.6. The van der Waals surface area contributed by atoms with Crippen LogP contribution in [0.3, 0.4) is 0 Å². The van der Waals surface area contributed by atoms with E-state index in [2.05, 4.69) is 25.9 Å². The first-order valence-corrected chi connectivity index (χ1v) is 18.6. The zero-order valence-electron chi connectivity index (χ0n) is 30.4. The predicted octanol–water partition coefficient (Wildman–Crippen LogP) is 6.09. The minimum atomic E-state index is -1.10. The van der Waals surface area contributed by atoms with Crippen molar-refractivity contribution < 1.29 is 28.7 Å². The quantitative estimate of drug-likeness (QED) is 0.0538. The first-order valence-electron chi connectivity index (χ1n) is 18.0. The molecule has 5 aromatic rings. The van der Waals surface area contributed by atoms with Crippen molar-refractivity contribution in [3.8, 4) is 0 Å². The number of H-pyrrole nitrogens is 1. The summed E-state index contributed by atoms with van der Waals surface area (Å²) in [7, 11) is 0. The van der Waals surface area contributed by atoms with Gasteiger partial charge in [-0.2, -0.15) is 12.6 Å². The van der Waals surface area contributed by atoms with Crippen molar-refractivity contribution in [2.45, 2.75) is 76.1 Å². The van der Waals surface area contributed by atoms with E-state index in [0.29, 0.717) is 12.1 Å². The van der Waals surface area contributed by atoms with Crippen molar-refractivity contribution in [3.05, 3.63) is 138 Å². The molecule has 1 aromatic heterocycles. The number of rotatable bonds is 18. The van der Waals surface area contributed by atoms with Gasteiger partial charge < -0.3 is 30.4 Å². The smallest absolute Gasteiger partial charge is 0.408 e. The van der Waals surface area contributed by atoms with E-state index in [0.717, 1.165) is 27.5 Å². The zero-order valence-corrected chi connectivity index (χ0v) is 31.3. The maximum absolute atomic E-state index is 14.2. The Labute approximate surface area is 321 Å². The van der Waals surface area contributed by atoms with Crippen LogP contribution in [-0.4, -0.2) is 57.2 Å². The number of aromatic amines is 1. The monoisotopic (exact) mass is 749 g/mol. The second-order valence-corrected chi connectivity index (χ2v) is 14.3. The van der Waals surface area contributed by atoms with Crippen molar-refractivity contribution in [3.63, 3.8) is 0 Å². The number of hydrogen-bond acceptors (Lipinski definition) is 8. The van der Waals surface area contributed by atoms with E-state index in [-0.39, 0.29) is 38.4 Å². The predicted molar refractivity (Wildman–Crippen MR) is 210 cm³/mol. The fourth-order valence-corrected chi connectivity index (χ4v) is 6.46. The summed E-state index contributed by atoms with van der Waals surface area (Å²) >= 11 is 4.74. The van der Waals surface area contributed by atoms with Crippen LogP contribution in [-0.2, 0) is 49.9 Å². The fourth-order valence-electron chi connectivity index (χ4n) is 6.11. The molecular formula is C42H47N5O6S. The van der Waals surface area contributed by atoms with Gasteiger partial charge in [0.05, 0.1) is 18.4 Å². The van der Waals surface area contributed by atoms with Crippen LogP contribution in [0.4, 0.5) is 4.79 Å². The lowest BCUT2D eigenvalue weighted by atomic mass is 9.97. The number of benzene rings is 4. The molecule has 0 aliphatic carbocycles. The minimum absolute atomic E-state index is 0.0153. The van der Waals surface area contributed by atoms with Gasteiger partial charge in [-0.3, -0.25) is 14.4 Å². The van der Waals surface area contributed by atoms with E-state index in [9.17, 15) is 19.2 Å². The third-order valence-corrected chi connectivity index (χ3v) is 9.40. The lowest BCUT2D eigenvalue weighted by molar-refractivity contribution is -0.145. The van der Waals surface area contributed by atoms with Gasteiger partial charge >= 0.3 is 12.1 Å². The Bertz CT molecular complexity index is 1950. The molecular weight excluding hydrogens is 703 g/mol. The van der Waals surface area contributed by atoms with E-state index in [1.807, 2.05) is 117 Å². The molecule has 5 rings (SSSR count). The molecule has 54 heavy (non-hydrogen) atoms. The van der Waals surface area contributed by atoms with Gasteiger partial charge in [0.2, 0.25) is 11.8 Å². The molecule has 0 saturated heterocycles. The maximum atomic E-state index is 14.2. The fraction of sp³-hybridized carbons (Fsp3) is 0.310. The summed E-state index contributed by atoms with van der Waals surface area (Å²) in [5.41, 5.74) is 3.03. The molecule has 0 fully saturated rings. The Morgan fingerprint density at radius 2 is 1.33 bits per heavy atom. The third kappa shape index (κ3) is 12.2. The number of nitrogens with one attached hydrogen (secondary N) is 4. The molecule has 0 bridgehead atoms. The Hall–Kier alpha value is -5.62. The first-order chi connectivity index (χ1) is 26.1. The Morgan fingerprint density at radius 3 is 2.00 bits per heavy atom. The normalized spacial score (nSPS) is 13.3. The van der Waals surface area contributed by atoms with Crippen molar-refractivity contribution in [2.75, 3.05) is 0 Å². The van der Waals surface area contributed by atoms with E-state index in [1.165, 1.54) is 6.33 Å². The highest BCUT2D eigenvalue weighted by Gasteiger charge is 2.32. The standard InChI is InChI=1S/C42H47N5O6S/c1-28(2)20-35(38(54)23-39(48)52-25-29-12-5-3-6-13-29)45-41(50)37(22-33-24-43-27-44-33)46-40(49)36(47-42(51)53-26-30-14-7-4-8-15-30)21-32-18-11-17-31-16-9-10-19-34(31)32/h3-19,24,27-28,35-38,54H,20-23,25-26H2,1-2H3,(H,43,44)(H,45,50)(H,46,49)(H,47,51)/t35?,36-,37-,38?/m0/s1. The first kappa shape index (κ1) is 39.6. The van der Waals surface area contributed by atoms with Crippen LogP contribution >= 0.6 is 12.6 Å². The summed E-state index contributed by atoms with van der Waals surface area (Å²) in [6, 6.07) is 29.5. The molecule has 0 spiro atoms. The number of alkyl carbamates (subject to hydrolysis) is 1. The van der Waals surface area contributed by atoms with Crippen molar-refractivity contribution >= 4 is 47.3 Å². The number of hydrogen-bond donors (Lipinski definition) is 5. The molecule has 1 heterocycles. The number of nitrogens with zero attached hydrogens (tertiary/aromatic N) is 1.